The van der Waals surface area contributed by atoms with Crippen molar-refractivity contribution >= 4 is 17.4 Å². The number of hydrogen-bond donors (Lipinski definition) is 0. The van der Waals surface area contributed by atoms with Gasteiger partial charge in [-0.2, -0.15) is 8.78 Å². The highest BCUT2D eigenvalue weighted by atomic mass is 35.5. The van der Waals surface area contributed by atoms with Crippen molar-refractivity contribution in [3.8, 4) is 5.75 Å². The number of Topliss-reactive ketones (excluding diaryl/α,β-unsaturated/α-hetero) is 1. The van der Waals surface area contributed by atoms with E-state index >= 15 is 0 Å². The Morgan fingerprint density at radius 2 is 2.19 bits per heavy atom. The lowest BCUT2D eigenvalue weighted by Gasteiger charge is -2.10. The fourth-order valence-corrected chi connectivity index (χ4v) is 1.45. The molecule has 5 heteroatoms. The molecule has 0 amide bonds. The summed E-state index contributed by atoms with van der Waals surface area (Å²) < 4.78 is 28.5. The zero-order chi connectivity index (χ0) is 12.1. The molecule has 0 aromatic heterocycles. The monoisotopic (exact) mass is 248 g/mol. The van der Waals surface area contributed by atoms with Crippen LogP contribution in [-0.2, 0) is 0 Å². The van der Waals surface area contributed by atoms with E-state index in [4.69, 9.17) is 11.6 Å². The Morgan fingerprint density at radius 3 is 2.75 bits per heavy atom. The van der Waals surface area contributed by atoms with Crippen LogP contribution in [0.4, 0.5) is 8.78 Å². The number of aryl methyl sites for hydroxylation is 1. The molecule has 0 bridgehead atoms. The number of benzene rings is 1. The zero-order valence-electron chi connectivity index (χ0n) is 8.67. The minimum atomic E-state index is -2.94. The largest absolute Gasteiger partial charge is 0.434 e. The second-order valence-corrected chi connectivity index (χ2v) is 3.62. The Kier molecular flexibility index (Phi) is 4.68. The van der Waals surface area contributed by atoms with Crippen molar-refractivity contribution in [3.05, 3.63) is 29.3 Å². The summed E-state index contributed by atoms with van der Waals surface area (Å²) in [6.45, 7) is -1.17. The van der Waals surface area contributed by atoms with Crippen LogP contribution in [0.3, 0.4) is 0 Å². The Hall–Kier alpha value is -1.16. The number of ether oxygens (including phenoxy) is 1. The van der Waals surface area contributed by atoms with Gasteiger partial charge in [-0.15, -0.1) is 11.6 Å². The Labute approximate surface area is 97.2 Å². The van der Waals surface area contributed by atoms with Gasteiger partial charge in [-0.25, -0.2) is 0 Å². The molecule has 1 rings (SSSR count). The third-order valence-electron chi connectivity index (χ3n) is 1.97. The van der Waals surface area contributed by atoms with Gasteiger partial charge in [-0.3, -0.25) is 4.79 Å². The first-order valence-electron chi connectivity index (χ1n) is 4.69. The lowest BCUT2D eigenvalue weighted by atomic mass is 10.1. The topological polar surface area (TPSA) is 26.3 Å². The van der Waals surface area contributed by atoms with Crippen LogP contribution in [0.1, 0.15) is 22.3 Å². The first kappa shape index (κ1) is 12.9. The average molecular weight is 249 g/mol. The van der Waals surface area contributed by atoms with Gasteiger partial charge in [-0.1, -0.05) is 11.6 Å². The van der Waals surface area contributed by atoms with E-state index in [1.54, 1.807) is 13.0 Å². The van der Waals surface area contributed by atoms with Gasteiger partial charge in [0.15, 0.2) is 5.78 Å². The highest BCUT2D eigenvalue weighted by Gasteiger charge is 2.15. The molecule has 0 unspecified atom stereocenters. The van der Waals surface area contributed by atoms with E-state index in [2.05, 4.69) is 4.74 Å². The predicted molar refractivity (Wildman–Crippen MR) is 57.5 cm³/mol. The maximum Gasteiger partial charge on any atom is 0.387 e. The first-order chi connectivity index (χ1) is 7.54. The molecule has 1 aromatic carbocycles. The van der Waals surface area contributed by atoms with Gasteiger partial charge in [0.1, 0.15) is 5.75 Å². The molecular weight excluding hydrogens is 238 g/mol. The van der Waals surface area contributed by atoms with Crippen LogP contribution in [0.2, 0.25) is 0 Å². The smallest absolute Gasteiger partial charge is 0.387 e. The second-order valence-electron chi connectivity index (χ2n) is 3.24. The van der Waals surface area contributed by atoms with Crippen LogP contribution in [0.15, 0.2) is 18.2 Å². The van der Waals surface area contributed by atoms with Crippen LogP contribution in [0, 0.1) is 6.92 Å². The molecule has 0 saturated heterocycles. The van der Waals surface area contributed by atoms with Crippen molar-refractivity contribution in [2.75, 3.05) is 5.88 Å². The van der Waals surface area contributed by atoms with E-state index < -0.39 is 6.61 Å². The maximum absolute atomic E-state index is 12.1. The molecule has 0 spiro atoms. The summed E-state index contributed by atoms with van der Waals surface area (Å²) >= 11 is 5.43. The fourth-order valence-electron chi connectivity index (χ4n) is 1.28. The highest BCUT2D eigenvalue weighted by Crippen LogP contribution is 2.23. The molecule has 0 fully saturated rings. The van der Waals surface area contributed by atoms with Gasteiger partial charge in [0.05, 0.1) is 5.56 Å². The molecular formula is C11H11ClF2O2. The van der Waals surface area contributed by atoms with Crippen molar-refractivity contribution in [2.45, 2.75) is 20.0 Å². The number of hydrogen-bond acceptors (Lipinski definition) is 2. The summed E-state index contributed by atoms with van der Waals surface area (Å²) in [7, 11) is 0. The summed E-state index contributed by atoms with van der Waals surface area (Å²) in [5.41, 5.74) is 0.959. The number of halogens is 3. The summed E-state index contributed by atoms with van der Waals surface area (Å²) in [5, 5.41) is 0. The molecule has 0 aliphatic carbocycles. The molecule has 0 saturated carbocycles. The molecule has 0 aliphatic heterocycles. The molecule has 0 aliphatic rings. The predicted octanol–water partition coefficient (Wildman–Crippen LogP) is 3.41. The lowest BCUT2D eigenvalue weighted by molar-refractivity contribution is -0.0501. The maximum atomic E-state index is 12.1. The number of alkyl halides is 3. The van der Waals surface area contributed by atoms with E-state index in [0.717, 1.165) is 5.56 Å². The summed E-state index contributed by atoms with van der Waals surface area (Å²) in [6.07, 6.45) is 0.102. The van der Waals surface area contributed by atoms with Gasteiger partial charge in [0.25, 0.3) is 0 Å². The Bertz CT molecular complexity index is 380. The number of carbonyl (C=O) groups is 1. The molecule has 2 nitrogen and oxygen atoms in total. The summed E-state index contributed by atoms with van der Waals surface area (Å²) in [4.78, 5) is 11.6. The van der Waals surface area contributed by atoms with Crippen molar-refractivity contribution < 1.29 is 18.3 Å². The molecule has 1 aromatic rings. The Morgan fingerprint density at radius 1 is 1.50 bits per heavy atom. The van der Waals surface area contributed by atoms with E-state index in [1.807, 2.05) is 0 Å². The number of carbonyl (C=O) groups excluding carboxylic acids is 1. The minimum Gasteiger partial charge on any atom is -0.434 e. The lowest BCUT2D eigenvalue weighted by Crippen LogP contribution is -2.08. The average Bonchev–Trinajstić information content (AvgIpc) is 2.20. The standard InChI is InChI=1S/C11H11ClF2O2/c1-7-2-3-10(16-11(13)14)8(6-7)9(15)4-5-12/h2-3,6,11H,4-5H2,1H3. The molecule has 0 N–H and O–H groups in total. The minimum absolute atomic E-state index is 0.101. The molecule has 88 valence electrons. The SMILES string of the molecule is Cc1ccc(OC(F)F)c(C(=O)CCCl)c1. The number of rotatable bonds is 5. The van der Waals surface area contributed by atoms with Crippen molar-refractivity contribution in [2.24, 2.45) is 0 Å². The van der Waals surface area contributed by atoms with Gasteiger partial charge in [0.2, 0.25) is 0 Å². The van der Waals surface area contributed by atoms with Crippen molar-refractivity contribution in [3.63, 3.8) is 0 Å². The molecule has 16 heavy (non-hydrogen) atoms. The van der Waals surface area contributed by atoms with Gasteiger partial charge >= 0.3 is 6.61 Å². The van der Waals surface area contributed by atoms with E-state index in [0.29, 0.717) is 0 Å². The van der Waals surface area contributed by atoms with Crippen LogP contribution >= 0.6 is 11.6 Å². The van der Waals surface area contributed by atoms with Crippen molar-refractivity contribution in [1.82, 2.24) is 0 Å². The van der Waals surface area contributed by atoms with Crippen LogP contribution in [-0.4, -0.2) is 18.3 Å². The van der Waals surface area contributed by atoms with E-state index in [-0.39, 0.29) is 29.4 Å². The molecule has 0 radical (unpaired) electrons. The second kappa shape index (κ2) is 5.80. The Balaban J connectivity index is 3.02. The zero-order valence-corrected chi connectivity index (χ0v) is 9.43. The van der Waals surface area contributed by atoms with Crippen LogP contribution in [0.25, 0.3) is 0 Å². The summed E-state index contributed by atoms with van der Waals surface area (Å²) in [6, 6.07) is 4.49. The van der Waals surface area contributed by atoms with Crippen LogP contribution < -0.4 is 4.74 Å². The number of ketones is 1. The van der Waals surface area contributed by atoms with Gasteiger partial charge < -0.3 is 4.74 Å². The van der Waals surface area contributed by atoms with E-state index in [9.17, 15) is 13.6 Å². The van der Waals surface area contributed by atoms with Crippen LogP contribution in [0.5, 0.6) is 5.75 Å². The highest BCUT2D eigenvalue weighted by molar-refractivity contribution is 6.19. The normalized spacial score (nSPS) is 10.6. The third-order valence-corrected chi connectivity index (χ3v) is 2.16. The fraction of sp³-hybridized carbons (Fsp3) is 0.364. The van der Waals surface area contributed by atoms with E-state index in [1.165, 1.54) is 12.1 Å². The molecule has 0 atom stereocenters. The quantitative estimate of drug-likeness (QED) is 0.590. The summed E-state index contributed by atoms with van der Waals surface area (Å²) in [5.74, 6) is -0.244. The molecule has 0 heterocycles. The van der Waals surface area contributed by atoms with Gasteiger partial charge in [0, 0.05) is 12.3 Å². The van der Waals surface area contributed by atoms with Gasteiger partial charge in [-0.05, 0) is 19.1 Å². The van der Waals surface area contributed by atoms with Crippen molar-refractivity contribution in [1.29, 1.82) is 0 Å². The third kappa shape index (κ3) is 3.45. The first-order valence-corrected chi connectivity index (χ1v) is 5.22.